The van der Waals surface area contributed by atoms with Crippen molar-refractivity contribution in [1.29, 1.82) is 0 Å². The van der Waals surface area contributed by atoms with Crippen molar-refractivity contribution in [3.8, 4) is 0 Å². The SMILES string of the molecule is CNC(=O)c1ccc(/C=C/C(=O)N2c3ccccc3CC2C)cc1. The molecule has 0 aliphatic carbocycles. The monoisotopic (exact) mass is 320 g/mol. The first-order valence-electron chi connectivity index (χ1n) is 8.01. The first-order valence-corrected chi connectivity index (χ1v) is 8.01. The molecule has 1 atom stereocenters. The van der Waals surface area contributed by atoms with Gasteiger partial charge >= 0.3 is 0 Å². The van der Waals surface area contributed by atoms with Crippen LogP contribution in [0.3, 0.4) is 0 Å². The average Bonchev–Trinajstić information content (AvgIpc) is 2.95. The molecular formula is C20H20N2O2. The molecule has 2 aromatic rings. The second-order valence-electron chi connectivity index (χ2n) is 5.92. The molecule has 0 bridgehead atoms. The lowest BCUT2D eigenvalue weighted by atomic mass is 10.1. The Balaban J connectivity index is 1.75. The number of hydrogen-bond acceptors (Lipinski definition) is 2. The van der Waals surface area contributed by atoms with Crippen molar-refractivity contribution in [1.82, 2.24) is 5.32 Å². The Morgan fingerprint density at radius 1 is 1.12 bits per heavy atom. The second kappa shape index (κ2) is 6.71. The summed E-state index contributed by atoms with van der Waals surface area (Å²) >= 11 is 0. The Hall–Kier alpha value is -2.88. The Kier molecular flexibility index (Phi) is 4.47. The summed E-state index contributed by atoms with van der Waals surface area (Å²) in [4.78, 5) is 26.0. The smallest absolute Gasteiger partial charge is 0.251 e. The number of fused-ring (bicyclic) bond motifs is 1. The normalized spacial score (nSPS) is 16.2. The van der Waals surface area contributed by atoms with E-state index < -0.39 is 0 Å². The van der Waals surface area contributed by atoms with Crippen LogP contribution >= 0.6 is 0 Å². The van der Waals surface area contributed by atoms with Crippen molar-refractivity contribution < 1.29 is 9.59 Å². The fourth-order valence-corrected chi connectivity index (χ4v) is 3.04. The summed E-state index contributed by atoms with van der Waals surface area (Å²) in [5, 5.41) is 2.58. The zero-order valence-electron chi connectivity index (χ0n) is 13.8. The summed E-state index contributed by atoms with van der Waals surface area (Å²) in [5.74, 6) is -0.146. The molecule has 24 heavy (non-hydrogen) atoms. The molecule has 1 aliphatic rings. The highest BCUT2D eigenvalue weighted by Crippen LogP contribution is 2.31. The van der Waals surface area contributed by atoms with Gasteiger partial charge in [-0.2, -0.15) is 0 Å². The number of para-hydroxylation sites is 1. The van der Waals surface area contributed by atoms with Crippen LogP contribution in [-0.2, 0) is 11.2 Å². The summed E-state index contributed by atoms with van der Waals surface area (Å²) in [5.41, 5.74) is 3.69. The second-order valence-corrected chi connectivity index (χ2v) is 5.92. The van der Waals surface area contributed by atoms with E-state index in [0.717, 1.165) is 17.7 Å². The molecule has 0 saturated carbocycles. The summed E-state index contributed by atoms with van der Waals surface area (Å²) in [6.07, 6.45) is 4.26. The fourth-order valence-electron chi connectivity index (χ4n) is 3.04. The van der Waals surface area contributed by atoms with Gasteiger partial charge in [0.05, 0.1) is 0 Å². The van der Waals surface area contributed by atoms with Crippen LogP contribution in [0.4, 0.5) is 5.69 Å². The number of rotatable bonds is 3. The van der Waals surface area contributed by atoms with Gasteiger partial charge in [0.25, 0.3) is 11.8 Å². The van der Waals surface area contributed by atoms with Crippen LogP contribution in [0.25, 0.3) is 6.08 Å². The van der Waals surface area contributed by atoms with E-state index in [-0.39, 0.29) is 17.9 Å². The third kappa shape index (κ3) is 3.08. The van der Waals surface area contributed by atoms with Crippen LogP contribution in [0.1, 0.15) is 28.4 Å². The molecule has 2 amide bonds. The van der Waals surface area contributed by atoms with E-state index in [1.807, 2.05) is 35.2 Å². The molecule has 1 aliphatic heterocycles. The minimum Gasteiger partial charge on any atom is -0.355 e. The standard InChI is InChI=1S/C20H20N2O2/c1-14-13-17-5-3-4-6-18(17)22(14)19(23)12-9-15-7-10-16(11-8-15)20(24)21-2/h3-12,14H,13H2,1-2H3,(H,21,24)/b12-9+. The van der Waals surface area contributed by atoms with Gasteiger partial charge in [-0.1, -0.05) is 30.3 Å². The first kappa shape index (κ1) is 16.0. The van der Waals surface area contributed by atoms with E-state index in [1.165, 1.54) is 5.56 Å². The van der Waals surface area contributed by atoms with Gasteiger partial charge in [0.2, 0.25) is 0 Å². The van der Waals surface area contributed by atoms with Crippen molar-refractivity contribution in [3.05, 3.63) is 71.3 Å². The first-order chi connectivity index (χ1) is 11.6. The highest BCUT2D eigenvalue weighted by molar-refractivity contribution is 6.05. The molecule has 0 fully saturated rings. The number of carbonyl (C=O) groups is 2. The molecule has 0 spiro atoms. The molecule has 0 radical (unpaired) electrons. The number of nitrogens with one attached hydrogen (secondary N) is 1. The van der Waals surface area contributed by atoms with Crippen LogP contribution in [-0.4, -0.2) is 24.9 Å². The van der Waals surface area contributed by atoms with E-state index in [2.05, 4.69) is 18.3 Å². The Morgan fingerprint density at radius 2 is 1.83 bits per heavy atom. The molecular weight excluding hydrogens is 300 g/mol. The Bertz CT molecular complexity index is 794. The Labute approximate surface area is 141 Å². The Morgan fingerprint density at radius 3 is 2.54 bits per heavy atom. The van der Waals surface area contributed by atoms with Crippen molar-refractivity contribution in [2.75, 3.05) is 11.9 Å². The number of amides is 2. The molecule has 1 unspecified atom stereocenters. The van der Waals surface area contributed by atoms with Crippen LogP contribution in [0.15, 0.2) is 54.6 Å². The molecule has 4 nitrogen and oxygen atoms in total. The predicted molar refractivity (Wildman–Crippen MR) is 96.0 cm³/mol. The highest BCUT2D eigenvalue weighted by Gasteiger charge is 2.29. The van der Waals surface area contributed by atoms with E-state index in [0.29, 0.717) is 5.56 Å². The van der Waals surface area contributed by atoms with Crippen LogP contribution in [0, 0.1) is 0 Å². The summed E-state index contributed by atoms with van der Waals surface area (Å²) in [6, 6.07) is 15.3. The third-order valence-electron chi connectivity index (χ3n) is 4.26. The van der Waals surface area contributed by atoms with Crippen molar-refractivity contribution >= 4 is 23.6 Å². The van der Waals surface area contributed by atoms with E-state index in [4.69, 9.17) is 0 Å². The maximum absolute atomic E-state index is 12.6. The lowest BCUT2D eigenvalue weighted by Gasteiger charge is -2.20. The van der Waals surface area contributed by atoms with Gasteiger partial charge in [-0.15, -0.1) is 0 Å². The van der Waals surface area contributed by atoms with Gasteiger partial charge in [-0.25, -0.2) is 0 Å². The minimum absolute atomic E-state index is 0.0252. The average molecular weight is 320 g/mol. The molecule has 0 saturated heterocycles. The highest BCUT2D eigenvalue weighted by atomic mass is 16.2. The fraction of sp³-hybridized carbons (Fsp3) is 0.200. The van der Waals surface area contributed by atoms with Crippen LogP contribution in [0.5, 0.6) is 0 Å². The molecule has 1 N–H and O–H groups in total. The number of benzene rings is 2. The van der Waals surface area contributed by atoms with Crippen molar-refractivity contribution in [2.24, 2.45) is 0 Å². The summed E-state index contributed by atoms with van der Waals surface area (Å²) in [7, 11) is 1.60. The van der Waals surface area contributed by atoms with Gasteiger partial charge < -0.3 is 10.2 Å². The van der Waals surface area contributed by atoms with Crippen molar-refractivity contribution in [2.45, 2.75) is 19.4 Å². The summed E-state index contributed by atoms with van der Waals surface area (Å²) in [6.45, 7) is 2.06. The molecule has 2 aromatic carbocycles. The number of anilines is 1. The van der Waals surface area contributed by atoms with Gasteiger partial charge in [0.15, 0.2) is 0 Å². The maximum Gasteiger partial charge on any atom is 0.251 e. The molecule has 4 heteroatoms. The van der Waals surface area contributed by atoms with Gasteiger partial charge in [0, 0.05) is 30.4 Å². The van der Waals surface area contributed by atoms with Crippen molar-refractivity contribution in [3.63, 3.8) is 0 Å². The van der Waals surface area contributed by atoms with E-state index in [9.17, 15) is 9.59 Å². The number of carbonyl (C=O) groups excluding carboxylic acids is 2. The third-order valence-corrected chi connectivity index (χ3v) is 4.26. The number of nitrogens with zero attached hydrogens (tertiary/aromatic N) is 1. The lowest BCUT2D eigenvalue weighted by Crippen LogP contribution is -2.34. The van der Waals surface area contributed by atoms with E-state index in [1.54, 1.807) is 31.3 Å². The zero-order chi connectivity index (χ0) is 17.1. The van der Waals surface area contributed by atoms with Crippen LogP contribution < -0.4 is 10.2 Å². The summed E-state index contributed by atoms with van der Waals surface area (Å²) < 4.78 is 0. The number of hydrogen-bond donors (Lipinski definition) is 1. The quantitative estimate of drug-likeness (QED) is 0.884. The van der Waals surface area contributed by atoms with Crippen LogP contribution in [0.2, 0.25) is 0 Å². The lowest BCUT2D eigenvalue weighted by molar-refractivity contribution is -0.114. The molecule has 1 heterocycles. The molecule has 0 aromatic heterocycles. The van der Waals surface area contributed by atoms with Gasteiger partial charge in [-0.05, 0) is 48.7 Å². The van der Waals surface area contributed by atoms with E-state index >= 15 is 0 Å². The van der Waals surface area contributed by atoms with Gasteiger partial charge in [0.1, 0.15) is 0 Å². The predicted octanol–water partition coefficient (Wildman–Crippen LogP) is 3.04. The minimum atomic E-state index is -0.121. The topological polar surface area (TPSA) is 49.4 Å². The molecule has 3 rings (SSSR count). The van der Waals surface area contributed by atoms with Gasteiger partial charge in [-0.3, -0.25) is 9.59 Å². The molecule has 122 valence electrons. The largest absolute Gasteiger partial charge is 0.355 e. The zero-order valence-corrected chi connectivity index (χ0v) is 13.8. The maximum atomic E-state index is 12.6.